The molecule has 3 heterocycles. The lowest BCUT2D eigenvalue weighted by Crippen LogP contribution is -2.39. The maximum Gasteiger partial charge on any atom is 0.272 e. The average molecular weight is 351 g/mol. The van der Waals surface area contributed by atoms with Crippen molar-refractivity contribution in [2.24, 2.45) is 0 Å². The Morgan fingerprint density at radius 1 is 1.08 bits per heavy atom. The van der Waals surface area contributed by atoms with Gasteiger partial charge >= 0.3 is 0 Å². The third-order valence-electron chi connectivity index (χ3n) is 4.66. The fraction of sp³-hybridized carbons (Fsp3) is 0.263. The first kappa shape index (κ1) is 16.4. The molecule has 2 aromatic heterocycles. The quantitative estimate of drug-likeness (QED) is 0.728. The zero-order chi connectivity index (χ0) is 17.9. The molecule has 1 amide bonds. The number of piperidine rings is 1. The van der Waals surface area contributed by atoms with E-state index in [0.29, 0.717) is 18.8 Å². The van der Waals surface area contributed by atoms with Crippen LogP contribution < -0.4 is 0 Å². The van der Waals surface area contributed by atoms with E-state index in [1.165, 1.54) is 12.1 Å². The highest BCUT2D eigenvalue weighted by Crippen LogP contribution is 2.25. The molecule has 0 unspecified atom stereocenters. The third-order valence-corrected chi connectivity index (χ3v) is 4.66. The molecule has 26 heavy (non-hydrogen) atoms. The lowest BCUT2D eigenvalue weighted by atomic mass is 10.0. The summed E-state index contributed by atoms with van der Waals surface area (Å²) in [6.45, 7) is 1.32. The van der Waals surface area contributed by atoms with E-state index < -0.39 is 0 Å². The van der Waals surface area contributed by atoms with Crippen molar-refractivity contribution < 1.29 is 9.18 Å². The first-order valence-corrected chi connectivity index (χ1v) is 8.59. The number of nitrogens with zero attached hydrogens (tertiary/aromatic N) is 5. The van der Waals surface area contributed by atoms with Crippen LogP contribution in [0.25, 0.3) is 11.3 Å². The Balaban J connectivity index is 1.41. The number of amides is 1. The molecule has 4 rings (SSSR count). The number of pyridine rings is 1. The topological polar surface area (TPSA) is 63.9 Å². The molecular weight excluding hydrogens is 333 g/mol. The van der Waals surface area contributed by atoms with Crippen LogP contribution in [0.1, 0.15) is 29.4 Å². The zero-order valence-electron chi connectivity index (χ0n) is 14.1. The van der Waals surface area contributed by atoms with Crippen molar-refractivity contribution in [2.75, 3.05) is 13.1 Å². The van der Waals surface area contributed by atoms with Crippen molar-refractivity contribution in [1.29, 1.82) is 0 Å². The first-order chi connectivity index (χ1) is 12.7. The molecule has 0 saturated carbocycles. The normalized spacial score (nSPS) is 15.2. The molecule has 0 bridgehead atoms. The van der Waals surface area contributed by atoms with Gasteiger partial charge in [-0.15, -0.1) is 5.10 Å². The molecule has 1 saturated heterocycles. The van der Waals surface area contributed by atoms with Crippen molar-refractivity contribution in [3.8, 4) is 11.3 Å². The van der Waals surface area contributed by atoms with Gasteiger partial charge in [0.05, 0.1) is 12.2 Å². The standard InChI is InChI=1S/C19H18FN5O/c20-15-6-4-14(5-7-15)18-13-25(23-22-18)16-8-11-24(12-9-16)19(26)17-3-1-2-10-21-17/h1-7,10,13,16H,8-9,11-12H2. The molecule has 1 aliphatic rings. The van der Waals surface area contributed by atoms with Crippen LogP contribution in [0.15, 0.2) is 54.9 Å². The summed E-state index contributed by atoms with van der Waals surface area (Å²) in [6.07, 6.45) is 5.14. The number of rotatable bonds is 3. The number of carbonyl (C=O) groups is 1. The smallest absolute Gasteiger partial charge is 0.272 e. The van der Waals surface area contributed by atoms with E-state index in [1.54, 1.807) is 30.5 Å². The fourth-order valence-corrected chi connectivity index (χ4v) is 3.19. The van der Waals surface area contributed by atoms with Gasteiger partial charge in [-0.3, -0.25) is 9.78 Å². The lowest BCUT2D eigenvalue weighted by Gasteiger charge is -2.31. The molecule has 0 N–H and O–H groups in total. The number of hydrogen-bond acceptors (Lipinski definition) is 4. The molecule has 0 aliphatic carbocycles. The van der Waals surface area contributed by atoms with Gasteiger partial charge in [0.25, 0.3) is 5.91 Å². The van der Waals surface area contributed by atoms with Crippen molar-refractivity contribution in [2.45, 2.75) is 18.9 Å². The number of likely N-dealkylation sites (tertiary alicyclic amines) is 1. The monoisotopic (exact) mass is 351 g/mol. The summed E-state index contributed by atoms with van der Waals surface area (Å²) >= 11 is 0. The average Bonchev–Trinajstić information content (AvgIpc) is 3.19. The Labute approximate surface area is 150 Å². The predicted octanol–water partition coefficient (Wildman–Crippen LogP) is 2.96. The summed E-state index contributed by atoms with van der Waals surface area (Å²) in [5.41, 5.74) is 2.03. The van der Waals surface area contributed by atoms with Gasteiger partial charge in [0.15, 0.2) is 0 Å². The molecule has 1 aliphatic heterocycles. The SMILES string of the molecule is O=C(c1ccccn1)N1CCC(n2cc(-c3ccc(F)cc3)nn2)CC1. The van der Waals surface area contributed by atoms with Crippen LogP contribution in [-0.2, 0) is 0 Å². The summed E-state index contributed by atoms with van der Waals surface area (Å²) < 4.78 is 14.9. The minimum absolute atomic E-state index is 0.0327. The first-order valence-electron chi connectivity index (χ1n) is 8.59. The van der Waals surface area contributed by atoms with E-state index in [9.17, 15) is 9.18 Å². The van der Waals surface area contributed by atoms with Gasteiger partial charge in [-0.2, -0.15) is 0 Å². The van der Waals surface area contributed by atoms with E-state index in [-0.39, 0.29) is 17.8 Å². The van der Waals surface area contributed by atoms with Crippen LogP contribution >= 0.6 is 0 Å². The molecule has 1 aromatic carbocycles. The van der Waals surface area contributed by atoms with Crippen LogP contribution in [0.3, 0.4) is 0 Å². The van der Waals surface area contributed by atoms with Gasteiger partial charge in [-0.25, -0.2) is 9.07 Å². The highest BCUT2D eigenvalue weighted by Gasteiger charge is 2.26. The van der Waals surface area contributed by atoms with Crippen molar-refractivity contribution in [3.63, 3.8) is 0 Å². The molecule has 3 aromatic rings. The van der Waals surface area contributed by atoms with Gasteiger partial charge in [-0.05, 0) is 49.2 Å². The second kappa shape index (κ2) is 7.03. The Morgan fingerprint density at radius 3 is 2.54 bits per heavy atom. The second-order valence-corrected chi connectivity index (χ2v) is 6.33. The molecule has 0 spiro atoms. The maximum atomic E-state index is 13.0. The van der Waals surface area contributed by atoms with Crippen molar-refractivity contribution in [3.05, 3.63) is 66.4 Å². The van der Waals surface area contributed by atoms with E-state index in [0.717, 1.165) is 24.1 Å². The summed E-state index contributed by atoms with van der Waals surface area (Å²) in [7, 11) is 0. The summed E-state index contributed by atoms with van der Waals surface area (Å²) in [6, 6.07) is 11.8. The summed E-state index contributed by atoms with van der Waals surface area (Å²) in [4.78, 5) is 18.4. The van der Waals surface area contributed by atoms with Gasteiger partial charge in [0, 0.05) is 24.8 Å². The molecule has 1 fully saturated rings. The Kier molecular flexibility index (Phi) is 4.43. The molecule has 0 radical (unpaired) electrons. The molecule has 0 atom stereocenters. The van der Waals surface area contributed by atoms with Gasteiger partial charge in [-0.1, -0.05) is 11.3 Å². The van der Waals surface area contributed by atoms with Crippen LogP contribution in [0, 0.1) is 5.82 Å². The number of aromatic nitrogens is 4. The third kappa shape index (κ3) is 3.33. The number of carbonyl (C=O) groups excluding carboxylic acids is 1. The minimum atomic E-state index is -0.272. The Hall–Kier alpha value is -3.09. The number of benzene rings is 1. The van der Waals surface area contributed by atoms with Gasteiger partial charge < -0.3 is 4.90 Å². The highest BCUT2D eigenvalue weighted by atomic mass is 19.1. The van der Waals surface area contributed by atoms with E-state index in [2.05, 4.69) is 15.3 Å². The lowest BCUT2D eigenvalue weighted by molar-refractivity contribution is 0.0683. The van der Waals surface area contributed by atoms with Crippen LogP contribution in [0.2, 0.25) is 0 Å². The molecular formula is C19H18FN5O. The van der Waals surface area contributed by atoms with Gasteiger partial charge in [0.1, 0.15) is 17.2 Å². The number of hydrogen-bond donors (Lipinski definition) is 0. The Morgan fingerprint density at radius 2 is 1.85 bits per heavy atom. The largest absolute Gasteiger partial charge is 0.337 e. The highest BCUT2D eigenvalue weighted by molar-refractivity contribution is 5.92. The summed E-state index contributed by atoms with van der Waals surface area (Å²) in [5, 5.41) is 8.42. The summed E-state index contributed by atoms with van der Waals surface area (Å²) in [5.74, 6) is -0.305. The van der Waals surface area contributed by atoms with E-state index in [4.69, 9.17) is 0 Å². The van der Waals surface area contributed by atoms with Gasteiger partial charge in [0.2, 0.25) is 0 Å². The van der Waals surface area contributed by atoms with Crippen LogP contribution in [-0.4, -0.2) is 43.9 Å². The zero-order valence-corrected chi connectivity index (χ0v) is 14.1. The fourth-order valence-electron chi connectivity index (χ4n) is 3.19. The van der Waals surface area contributed by atoms with Crippen molar-refractivity contribution in [1.82, 2.24) is 24.9 Å². The molecule has 132 valence electrons. The van der Waals surface area contributed by atoms with E-state index >= 15 is 0 Å². The van der Waals surface area contributed by atoms with E-state index in [1.807, 2.05) is 21.8 Å². The molecule has 6 nitrogen and oxygen atoms in total. The maximum absolute atomic E-state index is 13.0. The molecule has 7 heteroatoms. The van der Waals surface area contributed by atoms with Crippen molar-refractivity contribution >= 4 is 5.91 Å². The number of halogens is 1. The minimum Gasteiger partial charge on any atom is -0.337 e. The predicted molar refractivity (Wildman–Crippen MR) is 93.8 cm³/mol. The van der Waals surface area contributed by atoms with Crippen LogP contribution in [0.4, 0.5) is 4.39 Å². The Bertz CT molecular complexity index is 886. The van der Waals surface area contributed by atoms with Crippen LogP contribution in [0.5, 0.6) is 0 Å². The second-order valence-electron chi connectivity index (χ2n) is 6.33.